The molecule has 7 heteroatoms. The van der Waals surface area contributed by atoms with Crippen molar-refractivity contribution in [2.75, 3.05) is 11.9 Å². The molecule has 1 aromatic heterocycles. The third-order valence-corrected chi connectivity index (χ3v) is 2.64. The molecule has 0 aliphatic heterocycles. The summed E-state index contributed by atoms with van der Waals surface area (Å²) >= 11 is 0. The maximum Gasteiger partial charge on any atom is 0.250 e. The van der Waals surface area contributed by atoms with Gasteiger partial charge in [0.15, 0.2) is 0 Å². The first-order valence-electron chi connectivity index (χ1n) is 6.31. The molecule has 0 saturated heterocycles. The number of carbonyl (C=O) groups excluding carboxylic acids is 1. The highest BCUT2D eigenvalue weighted by Crippen LogP contribution is 2.18. The van der Waals surface area contributed by atoms with E-state index in [4.69, 9.17) is 4.74 Å². The molecule has 106 valence electrons. The summed E-state index contributed by atoms with van der Waals surface area (Å²) in [5.41, 5.74) is 2.50. The average molecular weight is 275 g/mol. The minimum absolute atomic E-state index is 0.0237. The molecule has 0 radical (unpaired) electrons. The summed E-state index contributed by atoms with van der Waals surface area (Å²) in [4.78, 5) is 11.7. The Bertz CT molecular complexity index is 580. The number of amides is 1. The molecule has 1 amide bonds. The summed E-state index contributed by atoms with van der Waals surface area (Å²) in [5.74, 6) is -0.190. The molecule has 2 aromatic rings. The van der Waals surface area contributed by atoms with Gasteiger partial charge in [0.1, 0.15) is 12.9 Å². The molecular formula is C13H17N5O2. The van der Waals surface area contributed by atoms with Crippen LogP contribution in [0.1, 0.15) is 19.4 Å². The molecule has 7 nitrogen and oxygen atoms in total. The van der Waals surface area contributed by atoms with Crippen LogP contribution in [0, 0.1) is 6.92 Å². The predicted molar refractivity (Wildman–Crippen MR) is 73.6 cm³/mol. The summed E-state index contributed by atoms with van der Waals surface area (Å²) in [6, 6.07) is 5.55. The number of hydrogen-bond acceptors (Lipinski definition) is 5. The number of tetrazole rings is 1. The SMILES string of the molecule is Cc1ccc(NC(=O)COC(C)C)cc1-n1cnnn1. The van der Waals surface area contributed by atoms with E-state index in [9.17, 15) is 4.79 Å². The summed E-state index contributed by atoms with van der Waals surface area (Å²) in [6.07, 6.45) is 1.53. The van der Waals surface area contributed by atoms with Gasteiger partial charge in [-0.15, -0.1) is 5.10 Å². The molecule has 0 atom stereocenters. The van der Waals surface area contributed by atoms with E-state index in [1.807, 2.05) is 39.0 Å². The number of ether oxygens (including phenoxy) is 1. The minimum atomic E-state index is -0.190. The van der Waals surface area contributed by atoms with Crippen molar-refractivity contribution in [1.29, 1.82) is 0 Å². The largest absolute Gasteiger partial charge is 0.369 e. The minimum Gasteiger partial charge on any atom is -0.369 e. The van der Waals surface area contributed by atoms with Crippen molar-refractivity contribution in [3.63, 3.8) is 0 Å². The standard InChI is InChI=1S/C13H17N5O2/c1-9(2)20-7-13(19)15-11-5-4-10(3)12(6-11)18-8-14-16-17-18/h4-6,8-9H,7H2,1-3H3,(H,15,19). The lowest BCUT2D eigenvalue weighted by Gasteiger charge is -2.10. The molecule has 20 heavy (non-hydrogen) atoms. The Kier molecular flexibility index (Phi) is 4.41. The molecule has 0 unspecified atom stereocenters. The van der Waals surface area contributed by atoms with E-state index in [-0.39, 0.29) is 18.6 Å². The lowest BCUT2D eigenvalue weighted by molar-refractivity contribution is -0.121. The maximum atomic E-state index is 11.7. The number of aryl methyl sites for hydroxylation is 1. The second-order valence-electron chi connectivity index (χ2n) is 4.66. The Morgan fingerprint density at radius 1 is 1.45 bits per heavy atom. The van der Waals surface area contributed by atoms with E-state index in [1.165, 1.54) is 6.33 Å². The van der Waals surface area contributed by atoms with Gasteiger partial charge in [0.25, 0.3) is 0 Å². The number of rotatable bonds is 5. The van der Waals surface area contributed by atoms with Crippen molar-refractivity contribution >= 4 is 11.6 Å². The van der Waals surface area contributed by atoms with Gasteiger partial charge in [-0.05, 0) is 48.9 Å². The smallest absolute Gasteiger partial charge is 0.250 e. The first-order chi connectivity index (χ1) is 9.56. The lowest BCUT2D eigenvalue weighted by atomic mass is 10.2. The monoisotopic (exact) mass is 275 g/mol. The number of anilines is 1. The van der Waals surface area contributed by atoms with Crippen LogP contribution in [0.4, 0.5) is 5.69 Å². The first-order valence-corrected chi connectivity index (χ1v) is 6.31. The Morgan fingerprint density at radius 2 is 2.25 bits per heavy atom. The third-order valence-electron chi connectivity index (χ3n) is 2.64. The topological polar surface area (TPSA) is 81.9 Å². The second-order valence-corrected chi connectivity index (χ2v) is 4.66. The maximum absolute atomic E-state index is 11.7. The highest BCUT2D eigenvalue weighted by Gasteiger charge is 2.08. The van der Waals surface area contributed by atoms with Crippen LogP contribution in [0.2, 0.25) is 0 Å². The van der Waals surface area contributed by atoms with Gasteiger partial charge in [0, 0.05) is 5.69 Å². The van der Waals surface area contributed by atoms with Crippen LogP contribution in [0.15, 0.2) is 24.5 Å². The van der Waals surface area contributed by atoms with Crippen molar-refractivity contribution in [3.8, 4) is 5.69 Å². The molecule has 0 aliphatic rings. The number of nitrogens with one attached hydrogen (secondary N) is 1. The molecule has 1 aromatic carbocycles. The average Bonchev–Trinajstić information content (AvgIpc) is 2.92. The van der Waals surface area contributed by atoms with Gasteiger partial charge in [-0.2, -0.15) is 0 Å². The number of nitrogens with zero attached hydrogens (tertiary/aromatic N) is 4. The Hall–Kier alpha value is -2.28. The predicted octanol–water partition coefficient (Wildman–Crippen LogP) is 1.33. The van der Waals surface area contributed by atoms with Crippen LogP contribution in [0.3, 0.4) is 0 Å². The fraction of sp³-hybridized carbons (Fsp3) is 0.385. The lowest BCUT2D eigenvalue weighted by Crippen LogP contribution is -2.20. The van der Waals surface area contributed by atoms with E-state index in [1.54, 1.807) is 4.68 Å². The molecular weight excluding hydrogens is 258 g/mol. The molecule has 0 spiro atoms. The highest BCUT2D eigenvalue weighted by atomic mass is 16.5. The summed E-state index contributed by atoms with van der Waals surface area (Å²) < 4.78 is 6.80. The number of benzene rings is 1. The Balaban J connectivity index is 2.10. The second kappa shape index (κ2) is 6.25. The van der Waals surface area contributed by atoms with Crippen molar-refractivity contribution in [2.45, 2.75) is 26.9 Å². The normalized spacial score (nSPS) is 10.8. The van der Waals surface area contributed by atoms with E-state index in [0.717, 1.165) is 11.3 Å². The van der Waals surface area contributed by atoms with Gasteiger partial charge in [-0.1, -0.05) is 6.07 Å². The zero-order valence-corrected chi connectivity index (χ0v) is 11.7. The fourth-order valence-electron chi connectivity index (χ4n) is 1.65. The van der Waals surface area contributed by atoms with E-state index < -0.39 is 0 Å². The van der Waals surface area contributed by atoms with Crippen molar-refractivity contribution in [3.05, 3.63) is 30.1 Å². The van der Waals surface area contributed by atoms with Gasteiger partial charge >= 0.3 is 0 Å². The molecule has 0 aliphatic carbocycles. The molecule has 0 bridgehead atoms. The molecule has 1 N–H and O–H groups in total. The van der Waals surface area contributed by atoms with Crippen molar-refractivity contribution in [1.82, 2.24) is 20.2 Å². The molecule has 2 rings (SSSR count). The molecule has 1 heterocycles. The number of hydrogen-bond donors (Lipinski definition) is 1. The Morgan fingerprint density at radius 3 is 2.90 bits per heavy atom. The van der Waals surface area contributed by atoms with Crippen LogP contribution in [0.25, 0.3) is 5.69 Å². The first kappa shape index (κ1) is 14.1. The van der Waals surface area contributed by atoms with Crippen LogP contribution < -0.4 is 5.32 Å². The van der Waals surface area contributed by atoms with Gasteiger partial charge < -0.3 is 10.1 Å². The van der Waals surface area contributed by atoms with E-state index in [2.05, 4.69) is 20.8 Å². The fourth-order valence-corrected chi connectivity index (χ4v) is 1.65. The quantitative estimate of drug-likeness (QED) is 0.890. The number of aromatic nitrogens is 4. The number of carbonyl (C=O) groups is 1. The van der Waals surface area contributed by atoms with Crippen LogP contribution in [-0.4, -0.2) is 38.8 Å². The zero-order chi connectivity index (χ0) is 14.5. The summed E-state index contributed by atoms with van der Waals surface area (Å²) in [7, 11) is 0. The summed E-state index contributed by atoms with van der Waals surface area (Å²) in [5, 5.41) is 13.8. The zero-order valence-electron chi connectivity index (χ0n) is 11.7. The van der Waals surface area contributed by atoms with Crippen LogP contribution in [-0.2, 0) is 9.53 Å². The van der Waals surface area contributed by atoms with Gasteiger partial charge in [-0.25, -0.2) is 4.68 Å². The molecule has 0 saturated carbocycles. The van der Waals surface area contributed by atoms with Crippen LogP contribution >= 0.6 is 0 Å². The van der Waals surface area contributed by atoms with Crippen molar-refractivity contribution in [2.24, 2.45) is 0 Å². The van der Waals surface area contributed by atoms with Gasteiger partial charge in [-0.3, -0.25) is 4.79 Å². The third kappa shape index (κ3) is 3.61. The van der Waals surface area contributed by atoms with Gasteiger partial charge in [0.05, 0.1) is 11.8 Å². The van der Waals surface area contributed by atoms with Gasteiger partial charge in [0.2, 0.25) is 5.91 Å². The van der Waals surface area contributed by atoms with E-state index >= 15 is 0 Å². The molecule has 0 fully saturated rings. The van der Waals surface area contributed by atoms with Crippen LogP contribution in [0.5, 0.6) is 0 Å². The Labute approximate surface area is 116 Å². The van der Waals surface area contributed by atoms with Crippen molar-refractivity contribution < 1.29 is 9.53 Å². The van der Waals surface area contributed by atoms with E-state index in [0.29, 0.717) is 5.69 Å². The highest BCUT2D eigenvalue weighted by molar-refractivity contribution is 5.92. The summed E-state index contributed by atoms with van der Waals surface area (Å²) in [6.45, 7) is 5.75.